The molecule has 3 rings (SSSR count). The predicted octanol–water partition coefficient (Wildman–Crippen LogP) is 3.09. The van der Waals surface area contributed by atoms with Crippen LogP contribution < -0.4 is 9.47 Å². The van der Waals surface area contributed by atoms with Gasteiger partial charge in [-0.25, -0.2) is 9.37 Å². The number of imidazole rings is 1. The quantitative estimate of drug-likeness (QED) is 0.777. The molecule has 0 aliphatic rings. The lowest BCUT2D eigenvalue weighted by Crippen LogP contribution is -1.89. The first-order valence-corrected chi connectivity index (χ1v) is 6.23. The molecule has 0 aliphatic carbocycles. The second-order valence-corrected chi connectivity index (χ2v) is 4.47. The maximum atomic E-state index is 13.0. The Labute approximate surface area is 120 Å². The van der Waals surface area contributed by atoms with Gasteiger partial charge >= 0.3 is 0 Å². The number of H-pyrrole nitrogens is 1. The van der Waals surface area contributed by atoms with Gasteiger partial charge in [0.25, 0.3) is 0 Å². The van der Waals surface area contributed by atoms with Crippen molar-refractivity contribution in [2.24, 2.45) is 0 Å². The Morgan fingerprint density at radius 3 is 2.48 bits per heavy atom. The fourth-order valence-electron chi connectivity index (χ4n) is 2.17. The van der Waals surface area contributed by atoms with E-state index in [-0.39, 0.29) is 5.75 Å². The number of aromatic amines is 1. The Morgan fingerprint density at radius 2 is 1.81 bits per heavy atom. The fourth-order valence-corrected chi connectivity index (χ4v) is 2.17. The average Bonchev–Trinajstić information content (AvgIpc) is 2.87. The number of ether oxygens (including phenoxy) is 2. The van der Waals surface area contributed by atoms with Gasteiger partial charge in [-0.3, -0.25) is 0 Å². The van der Waals surface area contributed by atoms with Gasteiger partial charge in [-0.05, 0) is 12.1 Å². The number of halogens is 1. The molecular weight excluding hydrogens is 275 g/mol. The van der Waals surface area contributed by atoms with E-state index in [2.05, 4.69) is 9.97 Å². The molecule has 2 aromatic carbocycles. The van der Waals surface area contributed by atoms with Crippen molar-refractivity contribution in [1.29, 1.82) is 0 Å². The molecule has 0 radical (unpaired) electrons. The number of benzene rings is 2. The third kappa shape index (κ3) is 2.24. The molecule has 3 aromatic rings. The maximum absolute atomic E-state index is 13.0. The first-order chi connectivity index (χ1) is 10.1. The Hall–Kier alpha value is -2.76. The highest BCUT2D eigenvalue weighted by atomic mass is 19.1. The minimum atomic E-state index is -0.504. The standard InChI is InChI=1S/C15H13FN2O3/c1-20-13-6-10-11(7-14(13)21-2)18-15(17-10)9-4-3-8(16)5-12(9)19/h3-7,19H,1-2H3,(H,17,18). The van der Waals surface area contributed by atoms with E-state index in [1.807, 2.05) is 0 Å². The number of aromatic nitrogens is 2. The molecule has 0 unspecified atom stereocenters. The first-order valence-electron chi connectivity index (χ1n) is 6.23. The van der Waals surface area contributed by atoms with Crippen molar-refractivity contribution in [3.05, 3.63) is 36.1 Å². The molecule has 0 bridgehead atoms. The van der Waals surface area contributed by atoms with Gasteiger partial charge in [0, 0.05) is 18.2 Å². The van der Waals surface area contributed by atoms with Crippen LogP contribution in [-0.4, -0.2) is 29.3 Å². The van der Waals surface area contributed by atoms with E-state index >= 15 is 0 Å². The summed E-state index contributed by atoms with van der Waals surface area (Å²) in [6.45, 7) is 0. The molecule has 0 aliphatic heterocycles. The van der Waals surface area contributed by atoms with E-state index in [1.165, 1.54) is 12.1 Å². The highest BCUT2D eigenvalue weighted by Crippen LogP contribution is 2.34. The molecular formula is C15H13FN2O3. The number of phenolic OH excluding ortho intramolecular Hbond substituents is 1. The highest BCUT2D eigenvalue weighted by Gasteiger charge is 2.13. The zero-order valence-electron chi connectivity index (χ0n) is 11.5. The van der Waals surface area contributed by atoms with Crippen LogP contribution in [0.5, 0.6) is 17.2 Å². The van der Waals surface area contributed by atoms with E-state index in [9.17, 15) is 9.50 Å². The number of nitrogens with one attached hydrogen (secondary N) is 1. The second kappa shape index (κ2) is 4.97. The van der Waals surface area contributed by atoms with E-state index < -0.39 is 5.82 Å². The van der Waals surface area contributed by atoms with Crippen LogP contribution in [0.1, 0.15) is 0 Å². The predicted molar refractivity (Wildman–Crippen MR) is 76.3 cm³/mol. The van der Waals surface area contributed by atoms with Gasteiger partial charge < -0.3 is 19.6 Å². The number of methoxy groups -OCH3 is 2. The molecule has 21 heavy (non-hydrogen) atoms. The molecule has 6 heteroatoms. The lowest BCUT2D eigenvalue weighted by atomic mass is 10.2. The van der Waals surface area contributed by atoms with Crippen molar-refractivity contribution in [2.75, 3.05) is 14.2 Å². The molecule has 0 saturated heterocycles. The number of aromatic hydroxyl groups is 1. The molecule has 108 valence electrons. The van der Waals surface area contributed by atoms with Crippen LogP contribution in [-0.2, 0) is 0 Å². The van der Waals surface area contributed by atoms with E-state index in [0.29, 0.717) is 28.4 Å². The highest BCUT2D eigenvalue weighted by molar-refractivity contribution is 5.83. The molecule has 0 spiro atoms. The number of hydrogen-bond donors (Lipinski definition) is 2. The summed E-state index contributed by atoms with van der Waals surface area (Å²) in [4.78, 5) is 7.45. The zero-order valence-corrected chi connectivity index (χ0v) is 11.5. The number of phenols is 1. The van der Waals surface area contributed by atoms with Gasteiger partial charge in [-0.2, -0.15) is 0 Å². The molecule has 1 aromatic heterocycles. The monoisotopic (exact) mass is 288 g/mol. The lowest BCUT2D eigenvalue weighted by molar-refractivity contribution is 0.356. The van der Waals surface area contributed by atoms with E-state index in [1.54, 1.807) is 26.4 Å². The Kier molecular flexibility index (Phi) is 3.13. The zero-order chi connectivity index (χ0) is 15.0. The maximum Gasteiger partial charge on any atom is 0.163 e. The third-order valence-electron chi connectivity index (χ3n) is 3.20. The van der Waals surface area contributed by atoms with Crippen LogP contribution in [0.3, 0.4) is 0 Å². The minimum absolute atomic E-state index is 0.173. The average molecular weight is 288 g/mol. The molecule has 1 heterocycles. The summed E-state index contributed by atoms with van der Waals surface area (Å²) in [6, 6.07) is 7.27. The molecule has 0 fully saturated rings. The summed E-state index contributed by atoms with van der Waals surface area (Å²) in [7, 11) is 3.09. The Bertz CT molecular complexity index is 773. The molecule has 5 nitrogen and oxygen atoms in total. The van der Waals surface area contributed by atoms with Crippen LogP contribution in [0.25, 0.3) is 22.4 Å². The van der Waals surface area contributed by atoms with Crippen molar-refractivity contribution >= 4 is 11.0 Å². The van der Waals surface area contributed by atoms with Crippen molar-refractivity contribution in [2.45, 2.75) is 0 Å². The van der Waals surface area contributed by atoms with Crippen LogP contribution in [0.15, 0.2) is 30.3 Å². The summed E-state index contributed by atoms with van der Waals surface area (Å²) in [5.74, 6) is 0.899. The van der Waals surface area contributed by atoms with Gasteiger partial charge in [-0.15, -0.1) is 0 Å². The fraction of sp³-hybridized carbons (Fsp3) is 0.133. The smallest absolute Gasteiger partial charge is 0.163 e. The number of nitrogens with zero attached hydrogens (tertiary/aromatic N) is 1. The summed E-state index contributed by atoms with van der Waals surface area (Å²) in [5.41, 5.74) is 1.81. The summed E-state index contributed by atoms with van der Waals surface area (Å²) < 4.78 is 23.5. The molecule has 0 saturated carbocycles. The van der Waals surface area contributed by atoms with Crippen molar-refractivity contribution in [3.8, 4) is 28.6 Å². The van der Waals surface area contributed by atoms with E-state index in [4.69, 9.17) is 9.47 Å². The van der Waals surface area contributed by atoms with Crippen molar-refractivity contribution in [3.63, 3.8) is 0 Å². The summed E-state index contributed by atoms with van der Waals surface area (Å²) in [5, 5.41) is 9.82. The van der Waals surface area contributed by atoms with Crippen LogP contribution in [0, 0.1) is 5.82 Å². The van der Waals surface area contributed by atoms with Crippen LogP contribution in [0.2, 0.25) is 0 Å². The number of hydrogen-bond acceptors (Lipinski definition) is 4. The molecule has 0 atom stereocenters. The van der Waals surface area contributed by atoms with Crippen molar-refractivity contribution in [1.82, 2.24) is 9.97 Å². The van der Waals surface area contributed by atoms with Crippen LogP contribution in [0.4, 0.5) is 4.39 Å². The van der Waals surface area contributed by atoms with Gasteiger partial charge in [-0.1, -0.05) is 0 Å². The first kappa shape index (κ1) is 13.2. The summed E-state index contributed by atoms with van der Waals surface area (Å²) in [6.07, 6.45) is 0. The SMILES string of the molecule is COc1cc2nc(-c3ccc(F)cc3O)[nH]c2cc1OC. The largest absolute Gasteiger partial charge is 0.507 e. The van der Waals surface area contributed by atoms with Gasteiger partial charge in [0.05, 0.1) is 30.8 Å². The van der Waals surface area contributed by atoms with Gasteiger partial charge in [0.15, 0.2) is 11.5 Å². The second-order valence-electron chi connectivity index (χ2n) is 4.47. The lowest BCUT2D eigenvalue weighted by Gasteiger charge is -2.06. The third-order valence-corrected chi connectivity index (χ3v) is 3.20. The minimum Gasteiger partial charge on any atom is -0.507 e. The van der Waals surface area contributed by atoms with Gasteiger partial charge in [0.1, 0.15) is 17.4 Å². The van der Waals surface area contributed by atoms with Crippen LogP contribution >= 0.6 is 0 Å². The van der Waals surface area contributed by atoms with E-state index in [0.717, 1.165) is 11.6 Å². The molecule has 2 N–H and O–H groups in total. The Balaban J connectivity index is 2.16. The normalized spacial score (nSPS) is 10.8. The topological polar surface area (TPSA) is 67.4 Å². The molecule has 0 amide bonds. The number of fused-ring (bicyclic) bond motifs is 1. The number of rotatable bonds is 3. The van der Waals surface area contributed by atoms with Gasteiger partial charge in [0.2, 0.25) is 0 Å². The summed E-state index contributed by atoms with van der Waals surface area (Å²) >= 11 is 0. The van der Waals surface area contributed by atoms with Crippen molar-refractivity contribution < 1.29 is 19.0 Å². The Morgan fingerprint density at radius 1 is 1.10 bits per heavy atom.